The molecule has 1 saturated heterocycles. The Morgan fingerprint density at radius 1 is 0.929 bits per heavy atom. The third kappa shape index (κ3) is 2.76. The van der Waals surface area contributed by atoms with E-state index in [1.165, 1.54) is 37.2 Å². The normalized spacial score (nSPS) is 14.9. The molecule has 1 heterocycles. The first kappa shape index (κ1) is 11.1. The first-order valence-electron chi connectivity index (χ1n) is 5.68. The Bertz CT molecular complexity index is 244. The molecule has 0 unspecified atom stereocenters. The molecule has 1 fully saturated rings. The highest BCUT2D eigenvalue weighted by molar-refractivity contribution is 5.47. The van der Waals surface area contributed by atoms with Crippen LogP contribution in [0.1, 0.15) is 32.3 Å². The van der Waals surface area contributed by atoms with Crippen LogP contribution in [-0.2, 0) is 0 Å². The number of hydrogen-bond donors (Lipinski definition) is 0. The Morgan fingerprint density at radius 2 is 1.43 bits per heavy atom. The van der Waals surface area contributed by atoms with Gasteiger partial charge in [0.05, 0.1) is 0 Å². The van der Waals surface area contributed by atoms with Crippen LogP contribution in [-0.4, -0.2) is 13.1 Å². The van der Waals surface area contributed by atoms with E-state index in [9.17, 15) is 0 Å². The molecule has 78 valence electrons. The predicted octanol–water partition coefficient (Wildman–Crippen LogP) is 3.62. The fourth-order valence-electron chi connectivity index (χ4n) is 1.73. The van der Waals surface area contributed by atoms with Gasteiger partial charge in [0, 0.05) is 18.8 Å². The molecule has 0 radical (unpaired) electrons. The predicted molar refractivity (Wildman–Crippen MR) is 64.0 cm³/mol. The number of hydrogen-bond acceptors (Lipinski definition) is 1. The Balaban J connectivity index is 0.000000461. The highest BCUT2D eigenvalue weighted by Crippen LogP contribution is 2.19. The summed E-state index contributed by atoms with van der Waals surface area (Å²) in [6.45, 7) is 8.61. The Kier molecular flexibility index (Phi) is 4.51. The number of rotatable bonds is 1. The second-order valence-electron chi connectivity index (χ2n) is 3.53. The quantitative estimate of drug-likeness (QED) is 0.655. The van der Waals surface area contributed by atoms with E-state index in [0.717, 1.165) is 0 Å². The lowest BCUT2D eigenvalue weighted by atomic mass is 10.2. The van der Waals surface area contributed by atoms with Gasteiger partial charge in [0.1, 0.15) is 0 Å². The molecule has 14 heavy (non-hydrogen) atoms. The lowest BCUT2D eigenvalue weighted by Crippen LogP contribution is -2.17. The topological polar surface area (TPSA) is 3.24 Å². The van der Waals surface area contributed by atoms with Crippen LogP contribution in [0.3, 0.4) is 0 Å². The number of aryl methyl sites for hydroxylation is 1. The standard InChI is InChI=1S/C11H15N.C2H6/c1-10-4-6-11(7-5-10)12-8-2-3-9-12;1-2/h4-7H,2-3,8-9H2,1H3;1-2H3. The Hall–Kier alpha value is -0.980. The maximum absolute atomic E-state index is 2.46. The van der Waals surface area contributed by atoms with E-state index < -0.39 is 0 Å². The molecule has 1 nitrogen and oxygen atoms in total. The van der Waals surface area contributed by atoms with Gasteiger partial charge < -0.3 is 4.90 Å². The molecule has 0 N–H and O–H groups in total. The third-order valence-corrected chi connectivity index (χ3v) is 2.51. The lowest BCUT2D eigenvalue weighted by Gasteiger charge is -2.17. The van der Waals surface area contributed by atoms with Gasteiger partial charge in [-0.1, -0.05) is 31.5 Å². The summed E-state index contributed by atoms with van der Waals surface area (Å²) in [7, 11) is 0. The first-order valence-corrected chi connectivity index (χ1v) is 5.68. The second kappa shape index (κ2) is 5.69. The van der Waals surface area contributed by atoms with Crippen LogP contribution in [0.5, 0.6) is 0 Å². The number of benzene rings is 1. The largest absolute Gasteiger partial charge is 0.372 e. The molecule has 1 aromatic carbocycles. The van der Waals surface area contributed by atoms with E-state index in [1.54, 1.807) is 0 Å². The van der Waals surface area contributed by atoms with Gasteiger partial charge in [0.15, 0.2) is 0 Å². The highest BCUT2D eigenvalue weighted by Gasteiger charge is 2.10. The fourth-order valence-corrected chi connectivity index (χ4v) is 1.73. The average molecular weight is 191 g/mol. The minimum atomic E-state index is 1.24. The van der Waals surface area contributed by atoms with Crippen molar-refractivity contribution < 1.29 is 0 Å². The van der Waals surface area contributed by atoms with Crippen molar-refractivity contribution in [2.24, 2.45) is 0 Å². The molecule has 1 aromatic rings. The van der Waals surface area contributed by atoms with Crippen molar-refractivity contribution in [2.75, 3.05) is 18.0 Å². The number of anilines is 1. The molecule has 1 aliphatic rings. The van der Waals surface area contributed by atoms with Crippen LogP contribution in [0.25, 0.3) is 0 Å². The van der Waals surface area contributed by atoms with Gasteiger partial charge >= 0.3 is 0 Å². The van der Waals surface area contributed by atoms with Crippen LogP contribution >= 0.6 is 0 Å². The van der Waals surface area contributed by atoms with Gasteiger partial charge in [-0.2, -0.15) is 0 Å². The minimum Gasteiger partial charge on any atom is -0.372 e. The van der Waals surface area contributed by atoms with Gasteiger partial charge in [-0.05, 0) is 31.9 Å². The van der Waals surface area contributed by atoms with Crippen molar-refractivity contribution in [1.82, 2.24) is 0 Å². The smallest absolute Gasteiger partial charge is 0.0366 e. The van der Waals surface area contributed by atoms with Crippen molar-refractivity contribution in [3.05, 3.63) is 29.8 Å². The molecule has 1 heteroatoms. The van der Waals surface area contributed by atoms with Gasteiger partial charge in [0.2, 0.25) is 0 Å². The zero-order valence-electron chi connectivity index (χ0n) is 9.59. The van der Waals surface area contributed by atoms with Gasteiger partial charge in [0.25, 0.3) is 0 Å². The van der Waals surface area contributed by atoms with Crippen LogP contribution in [0.15, 0.2) is 24.3 Å². The molecule has 0 spiro atoms. The molecule has 0 aromatic heterocycles. The third-order valence-electron chi connectivity index (χ3n) is 2.51. The summed E-state index contributed by atoms with van der Waals surface area (Å²) in [4.78, 5) is 2.46. The van der Waals surface area contributed by atoms with E-state index in [4.69, 9.17) is 0 Å². The van der Waals surface area contributed by atoms with E-state index in [-0.39, 0.29) is 0 Å². The fraction of sp³-hybridized carbons (Fsp3) is 0.538. The summed E-state index contributed by atoms with van der Waals surface area (Å²) >= 11 is 0. The van der Waals surface area contributed by atoms with Gasteiger partial charge in [-0.25, -0.2) is 0 Å². The van der Waals surface area contributed by atoms with E-state index in [0.29, 0.717) is 0 Å². The first-order chi connectivity index (χ1) is 6.86. The molecule has 0 aliphatic carbocycles. The minimum absolute atomic E-state index is 1.24. The summed E-state index contributed by atoms with van der Waals surface area (Å²) in [5.41, 5.74) is 2.73. The van der Waals surface area contributed by atoms with Gasteiger partial charge in [-0.3, -0.25) is 0 Å². The summed E-state index contributed by atoms with van der Waals surface area (Å²) < 4.78 is 0. The van der Waals surface area contributed by atoms with Crippen LogP contribution in [0.2, 0.25) is 0 Å². The Morgan fingerprint density at radius 3 is 1.93 bits per heavy atom. The SMILES string of the molecule is CC.Cc1ccc(N2CCCC2)cc1. The van der Waals surface area contributed by atoms with Crippen molar-refractivity contribution in [3.63, 3.8) is 0 Å². The highest BCUT2D eigenvalue weighted by atomic mass is 15.1. The molecular formula is C13H21N. The summed E-state index contributed by atoms with van der Waals surface area (Å²) in [5.74, 6) is 0. The molecule has 0 atom stereocenters. The molecule has 0 bridgehead atoms. The average Bonchev–Trinajstić information content (AvgIpc) is 2.75. The molecule has 0 amide bonds. The summed E-state index contributed by atoms with van der Waals surface area (Å²) in [5, 5.41) is 0. The lowest BCUT2D eigenvalue weighted by molar-refractivity contribution is 0.949. The van der Waals surface area contributed by atoms with Gasteiger partial charge in [-0.15, -0.1) is 0 Å². The van der Waals surface area contributed by atoms with Crippen LogP contribution < -0.4 is 4.90 Å². The summed E-state index contributed by atoms with van der Waals surface area (Å²) in [6, 6.07) is 8.82. The van der Waals surface area contributed by atoms with Crippen molar-refractivity contribution in [2.45, 2.75) is 33.6 Å². The summed E-state index contributed by atoms with van der Waals surface area (Å²) in [6.07, 6.45) is 2.71. The Labute approximate surface area is 87.7 Å². The van der Waals surface area contributed by atoms with Crippen LogP contribution in [0, 0.1) is 6.92 Å². The van der Waals surface area contributed by atoms with E-state index >= 15 is 0 Å². The maximum Gasteiger partial charge on any atom is 0.0366 e. The van der Waals surface area contributed by atoms with Crippen molar-refractivity contribution in [3.8, 4) is 0 Å². The van der Waals surface area contributed by atoms with Crippen molar-refractivity contribution in [1.29, 1.82) is 0 Å². The monoisotopic (exact) mass is 191 g/mol. The second-order valence-corrected chi connectivity index (χ2v) is 3.53. The molecule has 1 aliphatic heterocycles. The van der Waals surface area contributed by atoms with E-state index in [2.05, 4.69) is 36.1 Å². The maximum atomic E-state index is 2.46. The molecule has 2 rings (SSSR count). The zero-order chi connectivity index (χ0) is 10.4. The van der Waals surface area contributed by atoms with Crippen molar-refractivity contribution >= 4 is 5.69 Å². The molecular weight excluding hydrogens is 170 g/mol. The van der Waals surface area contributed by atoms with Crippen LogP contribution in [0.4, 0.5) is 5.69 Å². The molecule has 0 saturated carbocycles. The van der Waals surface area contributed by atoms with E-state index in [1.807, 2.05) is 13.8 Å². The zero-order valence-corrected chi connectivity index (χ0v) is 9.59. The number of nitrogens with zero attached hydrogens (tertiary/aromatic N) is 1.